The maximum absolute atomic E-state index is 12.9. The molecule has 0 amide bonds. The lowest BCUT2D eigenvalue weighted by atomic mass is 10.1. The van der Waals surface area contributed by atoms with Crippen molar-refractivity contribution in [2.24, 2.45) is 0 Å². The zero-order chi connectivity index (χ0) is 58.5. The molecule has 6 heteroatoms. The first kappa shape index (κ1) is 76.3. The van der Waals surface area contributed by atoms with E-state index in [1.54, 1.807) is 0 Å². The van der Waals surface area contributed by atoms with E-state index >= 15 is 0 Å². The van der Waals surface area contributed by atoms with Gasteiger partial charge in [0.2, 0.25) is 0 Å². The lowest BCUT2D eigenvalue weighted by Crippen LogP contribution is -2.30. The molecule has 1 atom stereocenters. The van der Waals surface area contributed by atoms with Crippen molar-refractivity contribution in [2.75, 3.05) is 13.2 Å². The predicted octanol–water partition coefficient (Wildman–Crippen LogP) is 23.1. The minimum absolute atomic E-state index is 0.0967. The van der Waals surface area contributed by atoms with Gasteiger partial charge in [-0.25, -0.2) is 0 Å². The molecule has 0 aromatic carbocycles. The van der Waals surface area contributed by atoms with Gasteiger partial charge >= 0.3 is 17.9 Å². The molecule has 0 rings (SSSR count). The Morgan fingerprint density at radius 1 is 0.259 bits per heavy atom. The second kappa shape index (κ2) is 67.8. The van der Waals surface area contributed by atoms with Crippen molar-refractivity contribution >= 4 is 17.9 Å². The number of unbranched alkanes of at least 4 members (excludes halogenated alkanes) is 24. The Labute approximate surface area is 499 Å². The van der Waals surface area contributed by atoms with Crippen LogP contribution in [0, 0.1) is 0 Å². The highest BCUT2D eigenvalue weighted by molar-refractivity contribution is 5.71. The monoisotopic (exact) mass is 1120 g/mol. The quantitative estimate of drug-likeness (QED) is 0.0261. The lowest BCUT2D eigenvalue weighted by molar-refractivity contribution is -0.167. The smallest absolute Gasteiger partial charge is 0.306 e. The minimum atomic E-state index is -0.804. The SMILES string of the molecule is CC/C=C\C/C=C\C/C=C\C/C=C\C/C=C\C/C=C\C/C=C\C/C=C\C/C=C\CCCCCC(=O)OCC(COC(=O)CCCCCCCCCCCCC)OC(=O)CCCCCCCC/C=C\C/C=C\C/C=C\CCCCCCC. The molecule has 0 radical (unpaired) electrons. The Balaban J connectivity index is 4.39. The molecule has 81 heavy (non-hydrogen) atoms. The third kappa shape index (κ3) is 66.0. The number of allylic oxidation sites excluding steroid dienone is 24. The van der Waals surface area contributed by atoms with E-state index in [1.165, 1.54) is 103 Å². The molecule has 0 saturated heterocycles. The summed E-state index contributed by atoms with van der Waals surface area (Å²) in [5.41, 5.74) is 0. The molecule has 1 unspecified atom stereocenters. The lowest BCUT2D eigenvalue weighted by Gasteiger charge is -2.18. The Hall–Kier alpha value is -4.71. The van der Waals surface area contributed by atoms with Crippen molar-refractivity contribution in [1.82, 2.24) is 0 Å². The van der Waals surface area contributed by atoms with Crippen LogP contribution in [0.15, 0.2) is 146 Å². The van der Waals surface area contributed by atoms with Gasteiger partial charge in [0.15, 0.2) is 6.10 Å². The molecule has 0 saturated carbocycles. The summed E-state index contributed by atoms with van der Waals surface area (Å²) in [6.07, 6.45) is 97.1. The number of hydrogen-bond acceptors (Lipinski definition) is 6. The molecule has 0 fully saturated rings. The maximum Gasteiger partial charge on any atom is 0.306 e. The fourth-order valence-corrected chi connectivity index (χ4v) is 8.85. The third-order valence-corrected chi connectivity index (χ3v) is 13.8. The van der Waals surface area contributed by atoms with E-state index in [4.69, 9.17) is 14.2 Å². The number of rotatable bonds is 59. The molecular formula is C75H122O6. The van der Waals surface area contributed by atoms with Gasteiger partial charge < -0.3 is 14.2 Å². The van der Waals surface area contributed by atoms with Crippen molar-refractivity contribution < 1.29 is 28.6 Å². The van der Waals surface area contributed by atoms with Gasteiger partial charge in [-0.1, -0.05) is 289 Å². The summed E-state index contributed by atoms with van der Waals surface area (Å²) in [6, 6.07) is 0. The van der Waals surface area contributed by atoms with E-state index in [2.05, 4.69) is 167 Å². The molecule has 6 nitrogen and oxygen atoms in total. The highest BCUT2D eigenvalue weighted by Crippen LogP contribution is 2.15. The number of ether oxygens (including phenoxy) is 3. The second-order valence-corrected chi connectivity index (χ2v) is 21.6. The average Bonchev–Trinajstić information content (AvgIpc) is 3.47. The molecular weight excluding hydrogens is 997 g/mol. The fourth-order valence-electron chi connectivity index (χ4n) is 8.85. The summed E-state index contributed by atoms with van der Waals surface area (Å²) >= 11 is 0. The Bertz CT molecular complexity index is 1760. The molecule has 0 aromatic rings. The molecule has 458 valence electrons. The van der Waals surface area contributed by atoms with Gasteiger partial charge in [-0.3, -0.25) is 14.4 Å². The van der Waals surface area contributed by atoms with E-state index in [0.29, 0.717) is 19.3 Å². The first-order chi connectivity index (χ1) is 40.0. The van der Waals surface area contributed by atoms with Crippen LogP contribution in [0.1, 0.15) is 290 Å². The predicted molar refractivity (Wildman–Crippen MR) is 352 cm³/mol. The average molecular weight is 1120 g/mol. The van der Waals surface area contributed by atoms with Gasteiger partial charge in [0.1, 0.15) is 13.2 Å². The Morgan fingerprint density at radius 3 is 0.765 bits per heavy atom. The van der Waals surface area contributed by atoms with Crippen molar-refractivity contribution in [3.63, 3.8) is 0 Å². The van der Waals surface area contributed by atoms with Crippen LogP contribution in [-0.2, 0) is 28.6 Å². The number of carbonyl (C=O) groups excluding carboxylic acids is 3. The van der Waals surface area contributed by atoms with Crippen LogP contribution in [0.25, 0.3) is 0 Å². The van der Waals surface area contributed by atoms with Crippen LogP contribution < -0.4 is 0 Å². The number of esters is 3. The van der Waals surface area contributed by atoms with Crippen LogP contribution >= 0.6 is 0 Å². The summed E-state index contributed by atoms with van der Waals surface area (Å²) in [7, 11) is 0. The van der Waals surface area contributed by atoms with Gasteiger partial charge in [0.25, 0.3) is 0 Å². The minimum Gasteiger partial charge on any atom is -0.462 e. The molecule has 0 heterocycles. The Kier molecular flexibility index (Phi) is 63.9. The van der Waals surface area contributed by atoms with E-state index in [0.717, 1.165) is 148 Å². The van der Waals surface area contributed by atoms with E-state index in [9.17, 15) is 14.4 Å². The van der Waals surface area contributed by atoms with E-state index < -0.39 is 6.10 Å². The van der Waals surface area contributed by atoms with Crippen molar-refractivity contribution in [1.29, 1.82) is 0 Å². The van der Waals surface area contributed by atoms with Crippen molar-refractivity contribution in [3.8, 4) is 0 Å². The normalized spacial score (nSPS) is 13.1. The van der Waals surface area contributed by atoms with Gasteiger partial charge in [-0.05, 0) is 128 Å². The van der Waals surface area contributed by atoms with E-state index in [1.807, 2.05) is 0 Å². The van der Waals surface area contributed by atoms with Gasteiger partial charge in [0, 0.05) is 19.3 Å². The highest BCUT2D eigenvalue weighted by atomic mass is 16.6. The summed E-state index contributed by atoms with van der Waals surface area (Å²) in [5.74, 6) is -0.943. The molecule has 0 aliphatic carbocycles. The van der Waals surface area contributed by atoms with Crippen LogP contribution in [0.5, 0.6) is 0 Å². The third-order valence-electron chi connectivity index (χ3n) is 13.8. The second-order valence-electron chi connectivity index (χ2n) is 21.6. The van der Waals surface area contributed by atoms with Crippen LogP contribution in [-0.4, -0.2) is 37.2 Å². The maximum atomic E-state index is 12.9. The topological polar surface area (TPSA) is 78.9 Å². The standard InChI is InChI=1S/C75H122O6/c1-4-7-10-13-16-19-22-24-26-28-30-32-33-34-35-36-37-38-39-40-41-43-44-46-48-50-53-56-59-62-65-68-74(77)80-71-72(70-79-73(76)67-64-61-58-55-52-21-18-15-12-9-6-3)81-75(78)69-66-63-60-57-54-51-49-47-45-42-31-29-27-25-23-20-17-14-11-8-5-2/h7,10,16,19,23-26,29-32,34-35,37-38,40-41,44-47,50,53,72H,4-6,8-9,11-15,17-18,20-22,27-28,33,36,39,42-43,48-49,51-52,54-71H2,1-3H3/b10-7-,19-16-,25-23-,26-24-,31-29-,32-30-,35-34-,38-37-,41-40-,46-44-,47-45-,53-50-. The summed E-state index contributed by atoms with van der Waals surface area (Å²) in [4.78, 5) is 38.3. The highest BCUT2D eigenvalue weighted by Gasteiger charge is 2.19. The van der Waals surface area contributed by atoms with Crippen LogP contribution in [0.3, 0.4) is 0 Å². The van der Waals surface area contributed by atoms with Gasteiger partial charge in [-0.2, -0.15) is 0 Å². The molecule has 0 N–H and O–H groups in total. The van der Waals surface area contributed by atoms with Crippen molar-refractivity contribution in [3.05, 3.63) is 146 Å². The first-order valence-electron chi connectivity index (χ1n) is 33.3. The first-order valence-corrected chi connectivity index (χ1v) is 33.3. The molecule has 0 spiro atoms. The number of hydrogen-bond donors (Lipinski definition) is 0. The Morgan fingerprint density at radius 2 is 0.481 bits per heavy atom. The fraction of sp³-hybridized carbons (Fsp3) is 0.640. The van der Waals surface area contributed by atoms with E-state index in [-0.39, 0.29) is 31.1 Å². The summed E-state index contributed by atoms with van der Waals surface area (Å²) in [5, 5.41) is 0. The van der Waals surface area contributed by atoms with Crippen molar-refractivity contribution in [2.45, 2.75) is 297 Å². The zero-order valence-corrected chi connectivity index (χ0v) is 52.5. The largest absolute Gasteiger partial charge is 0.462 e. The zero-order valence-electron chi connectivity index (χ0n) is 52.5. The number of carbonyl (C=O) groups is 3. The molecule has 0 aromatic heterocycles. The van der Waals surface area contributed by atoms with Gasteiger partial charge in [-0.15, -0.1) is 0 Å². The molecule has 0 bridgehead atoms. The molecule has 0 aliphatic heterocycles. The summed E-state index contributed by atoms with van der Waals surface area (Å²) in [6.45, 7) is 6.48. The molecule has 0 aliphatic rings. The van der Waals surface area contributed by atoms with Crippen LogP contribution in [0.4, 0.5) is 0 Å². The summed E-state index contributed by atoms with van der Waals surface area (Å²) < 4.78 is 16.9. The van der Waals surface area contributed by atoms with Gasteiger partial charge in [0.05, 0.1) is 0 Å². The van der Waals surface area contributed by atoms with Crippen LogP contribution in [0.2, 0.25) is 0 Å².